The number of benzene rings is 1. The lowest BCUT2D eigenvalue weighted by atomic mass is 10.2. The van der Waals surface area contributed by atoms with Crippen LogP contribution < -0.4 is 21.9 Å². The first-order valence-electron chi connectivity index (χ1n) is 6.34. The van der Waals surface area contributed by atoms with Crippen LogP contribution in [-0.2, 0) is 4.79 Å². The molecule has 0 saturated heterocycles. The van der Waals surface area contributed by atoms with Crippen LogP contribution in [0.15, 0.2) is 24.3 Å². The smallest absolute Gasteiger partial charge is 0.312 e. The van der Waals surface area contributed by atoms with Crippen molar-refractivity contribution in [1.82, 2.24) is 16.2 Å². The summed E-state index contributed by atoms with van der Waals surface area (Å²) in [4.78, 5) is 34.7. The Morgan fingerprint density at radius 2 is 1.86 bits per heavy atom. The monoisotopic (exact) mass is 344 g/mol. The predicted octanol–water partition coefficient (Wildman–Crippen LogP) is 0.891. The Hall–Kier alpha value is -1.93. The van der Waals surface area contributed by atoms with Crippen molar-refractivity contribution < 1.29 is 14.4 Å². The zero-order chi connectivity index (χ0) is 16.5. The van der Waals surface area contributed by atoms with Gasteiger partial charge in [-0.2, -0.15) is 11.8 Å². The average molecular weight is 345 g/mol. The molecule has 0 radical (unpaired) electrons. The summed E-state index contributed by atoms with van der Waals surface area (Å²) in [5.74, 6) is -0.383. The molecule has 0 spiro atoms. The predicted molar refractivity (Wildman–Crippen MR) is 86.6 cm³/mol. The van der Waals surface area contributed by atoms with Gasteiger partial charge in [-0.1, -0.05) is 11.6 Å². The molecule has 1 rings (SSSR count). The average Bonchev–Trinajstić information content (AvgIpc) is 2.49. The summed E-state index contributed by atoms with van der Waals surface area (Å²) >= 11 is 7.25. The van der Waals surface area contributed by atoms with E-state index in [-0.39, 0.29) is 0 Å². The molecule has 0 unspecified atom stereocenters. The Morgan fingerprint density at radius 3 is 2.41 bits per heavy atom. The number of hydrogen-bond donors (Lipinski definition) is 4. The van der Waals surface area contributed by atoms with Gasteiger partial charge in [0.25, 0.3) is 11.8 Å². The minimum absolute atomic E-state index is 0.341. The molecule has 0 aromatic heterocycles. The molecule has 7 nitrogen and oxygen atoms in total. The fourth-order valence-corrected chi connectivity index (χ4v) is 2.15. The van der Waals surface area contributed by atoms with Crippen LogP contribution in [0.5, 0.6) is 0 Å². The first kappa shape index (κ1) is 18.1. The Balaban J connectivity index is 2.55. The normalized spacial score (nSPS) is 11.4. The van der Waals surface area contributed by atoms with Gasteiger partial charge in [-0.25, -0.2) is 4.79 Å². The van der Waals surface area contributed by atoms with Crippen LogP contribution in [0.3, 0.4) is 0 Å². The van der Waals surface area contributed by atoms with Gasteiger partial charge in [-0.3, -0.25) is 20.4 Å². The van der Waals surface area contributed by atoms with Crippen molar-refractivity contribution in [3.05, 3.63) is 34.9 Å². The van der Waals surface area contributed by atoms with Crippen LogP contribution in [-0.4, -0.2) is 35.9 Å². The lowest BCUT2D eigenvalue weighted by molar-refractivity contribution is -0.123. The van der Waals surface area contributed by atoms with Gasteiger partial charge in [0.15, 0.2) is 0 Å². The number of nitrogens with two attached hydrogens (primary N) is 1. The van der Waals surface area contributed by atoms with Crippen molar-refractivity contribution in [2.24, 2.45) is 5.73 Å². The molecule has 9 heteroatoms. The molecule has 0 saturated carbocycles. The number of rotatable bonds is 6. The van der Waals surface area contributed by atoms with E-state index in [1.165, 1.54) is 23.9 Å². The summed E-state index contributed by atoms with van der Waals surface area (Å²) in [5, 5.41) is 2.83. The molecular formula is C13H17ClN4O3S. The van der Waals surface area contributed by atoms with Crippen LogP contribution in [0.2, 0.25) is 5.02 Å². The first-order chi connectivity index (χ1) is 10.4. The second-order valence-corrected chi connectivity index (χ2v) is 5.71. The van der Waals surface area contributed by atoms with E-state index in [1.54, 1.807) is 12.1 Å². The SMILES string of the molecule is CSCC[C@H](NC(N)=O)C(=O)NNC(=O)c1ccc(Cl)cc1. The van der Waals surface area contributed by atoms with E-state index in [9.17, 15) is 14.4 Å². The molecular weight excluding hydrogens is 328 g/mol. The van der Waals surface area contributed by atoms with Gasteiger partial charge in [0, 0.05) is 10.6 Å². The fraction of sp³-hybridized carbons (Fsp3) is 0.308. The molecule has 0 fully saturated rings. The third-order valence-corrected chi connectivity index (χ3v) is 3.55. The lowest BCUT2D eigenvalue weighted by Crippen LogP contribution is -2.53. The number of halogens is 1. The van der Waals surface area contributed by atoms with Crippen molar-refractivity contribution in [2.75, 3.05) is 12.0 Å². The lowest BCUT2D eigenvalue weighted by Gasteiger charge is -2.17. The molecule has 4 amide bonds. The molecule has 0 heterocycles. The minimum Gasteiger partial charge on any atom is -0.352 e. The van der Waals surface area contributed by atoms with Gasteiger partial charge in [-0.15, -0.1) is 0 Å². The maximum Gasteiger partial charge on any atom is 0.312 e. The molecule has 0 aliphatic carbocycles. The number of primary amides is 1. The van der Waals surface area contributed by atoms with Gasteiger partial charge in [0.1, 0.15) is 6.04 Å². The van der Waals surface area contributed by atoms with E-state index in [1.807, 2.05) is 6.26 Å². The maximum absolute atomic E-state index is 11.9. The number of amides is 4. The number of thioether (sulfide) groups is 1. The number of carbonyl (C=O) groups excluding carboxylic acids is 3. The van der Waals surface area contributed by atoms with Gasteiger partial charge in [0.2, 0.25) is 0 Å². The van der Waals surface area contributed by atoms with Crippen molar-refractivity contribution >= 4 is 41.2 Å². The van der Waals surface area contributed by atoms with Crippen LogP contribution in [0.25, 0.3) is 0 Å². The second kappa shape index (κ2) is 9.16. The van der Waals surface area contributed by atoms with E-state index in [0.717, 1.165) is 0 Å². The number of hydrogen-bond acceptors (Lipinski definition) is 4. The van der Waals surface area contributed by atoms with Crippen molar-refractivity contribution in [3.63, 3.8) is 0 Å². The standard InChI is InChI=1S/C13H17ClN4O3S/c1-22-7-6-10(16-13(15)21)12(20)18-17-11(19)8-2-4-9(14)5-3-8/h2-5,10H,6-7H2,1H3,(H,17,19)(H,18,20)(H3,15,16,21)/t10-/m0/s1. The van der Waals surface area contributed by atoms with E-state index in [0.29, 0.717) is 22.8 Å². The third-order valence-electron chi connectivity index (χ3n) is 2.65. The number of carbonyl (C=O) groups is 3. The summed E-state index contributed by atoms with van der Waals surface area (Å²) in [7, 11) is 0. The molecule has 0 aliphatic heterocycles. The zero-order valence-corrected chi connectivity index (χ0v) is 13.5. The second-order valence-electron chi connectivity index (χ2n) is 4.29. The fourth-order valence-electron chi connectivity index (χ4n) is 1.56. The van der Waals surface area contributed by atoms with E-state index in [4.69, 9.17) is 17.3 Å². The molecule has 0 aliphatic rings. The maximum atomic E-state index is 11.9. The van der Waals surface area contributed by atoms with Gasteiger partial charge in [-0.05, 0) is 42.7 Å². The first-order valence-corrected chi connectivity index (χ1v) is 8.12. The summed E-state index contributed by atoms with van der Waals surface area (Å²) in [6.07, 6.45) is 2.27. The van der Waals surface area contributed by atoms with Crippen LogP contribution in [0.1, 0.15) is 16.8 Å². The van der Waals surface area contributed by atoms with E-state index in [2.05, 4.69) is 16.2 Å². The van der Waals surface area contributed by atoms with Crippen molar-refractivity contribution in [2.45, 2.75) is 12.5 Å². The minimum atomic E-state index is -0.810. The quantitative estimate of drug-likeness (QED) is 0.574. The summed E-state index contributed by atoms with van der Waals surface area (Å²) in [6.45, 7) is 0. The van der Waals surface area contributed by atoms with Crippen LogP contribution in [0, 0.1) is 0 Å². The number of hydrazine groups is 1. The molecule has 5 N–H and O–H groups in total. The number of nitrogens with one attached hydrogen (secondary N) is 3. The summed E-state index contributed by atoms with van der Waals surface area (Å²) < 4.78 is 0. The Kier molecular flexibility index (Phi) is 7.55. The molecule has 1 aromatic carbocycles. The molecule has 22 heavy (non-hydrogen) atoms. The van der Waals surface area contributed by atoms with E-state index < -0.39 is 23.9 Å². The molecule has 0 bridgehead atoms. The summed E-state index contributed by atoms with van der Waals surface area (Å²) in [5.41, 5.74) is 9.90. The zero-order valence-electron chi connectivity index (χ0n) is 11.9. The summed E-state index contributed by atoms with van der Waals surface area (Å²) in [6, 6.07) is 4.57. The van der Waals surface area contributed by atoms with E-state index >= 15 is 0 Å². The van der Waals surface area contributed by atoms with Gasteiger partial charge >= 0.3 is 6.03 Å². The highest BCUT2D eigenvalue weighted by Crippen LogP contribution is 2.09. The topological polar surface area (TPSA) is 113 Å². The Labute approximate surface area is 137 Å². The van der Waals surface area contributed by atoms with Crippen LogP contribution in [0.4, 0.5) is 4.79 Å². The largest absolute Gasteiger partial charge is 0.352 e. The van der Waals surface area contributed by atoms with Gasteiger partial charge < -0.3 is 11.1 Å². The van der Waals surface area contributed by atoms with Crippen molar-refractivity contribution in [3.8, 4) is 0 Å². The highest BCUT2D eigenvalue weighted by Gasteiger charge is 2.19. The Bertz CT molecular complexity index is 539. The molecule has 120 valence electrons. The third kappa shape index (κ3) is 6.23. The molecule has 1 atom stereocenters. The number of urea groups is 1. The van der Waals surface area contributed by atoms with Crippen molar-refractivity contribution in [1.29, 1.82) is 0 Å². The Morgan fingerprint density at radius 1 is 1.23 bits per heavy atom. The highest BCUT2D eigenvalue weighted by molar-refractivity contribution is 7.98. The molecule has 1 aromatic rings. The van der Waals surface area contributed by atoms with Crippen LogP contribution >= 0.6 is 23.4 Å². The van der Waals surface area contributed by atoms with Gasteiger partial charge in [0.05, 0.1) is 0 Å². The highest BCUT2D eigenvalue weighted by atomic mass is 35.5.